The van der Waals surface area contributed by atoms with E-state index in [1.165, 1.54) is 16.8 Å². The van der Waals surface area contributed by atoms with Gasteiger partial charge in [0.2, 0.25) is 0 Å². The predicted molar refractivity (Wildman–Crippen MR) is 68.7 cm³/mol. The van der Waals surface area contributed by atoms with Gasteiger partial charge in [0, 0.05) is 19.8 Å². The number of anilines is 1. The lowest BCUT2D eigenvalue weighted by atomic mass is 9.81. The molecule has 1 aromatic rings. The van der Waals surface area contributed by atoms with Gasteiger partial charge < -0.3 is 10.0 Å². The van der Waals surface area contributed by atoms with E-state index >= 15 is 0 Å². The maximum Gasteiger partial charge on any atom is 0.303 e. The van der Waals surface area contributed by atoms with Crippen molar-refractivity contribution in [1.29, 1.82) is 0 Å². The van der Waals surface area contributed by atoms with Crippen LogP contribution < -0.4 is 4.90 Å². The van der Waals surface area contributed by atoms with E-state index in [-0.39, 0.29) is 12.3 Å². The summed E-state index contributed by atoms with van der Waals surface area (Å²) >= 11 is 0. The second-order valence-corrected chi connectivity index (χ2v) is 4.96. The molecule has 92 valence electrons. The highest BCUT2D eigenvalue weighted by atomic mass is 16.4. The van der Waals surface area contributed by atoms with Crippen LogP contribution in [0.15, 0.2) is 18.2 Å². The Kier molecular flexibility index (Phi) is 3.36. The van der Waals surface area contributed by atoms with Gasteiger partial charge in [0.05, 0.1) is 6.42 Å². The fourth-order valence-electron chi connectivity index (χ4n) is 2.60. The Labute approximate surface area is 102 Å². The van der Waals surface area contributed by atoms with Crippen LogP contribution in [0.1, 0.15) is 36.3 Å². The molecule has 0 saturated carbocycles. The Morgan fingerprint density at radius 3 is 2.88 bits per heavy atom. The lowest BCUT2D eigenvalue weighted by Gasteiger charge is -2.26. The third-order valence-corrected chi connectivity index (χ3v) is 3.50. The average molecular weight is 233 g/mol. The molecule has 0 spiro atoms. The van der Waals surface area contributed by atoms with Crippen LogP contribution in [0.5, 0.6) is 0 Å². The number of nitrogens with zero attached hydrogens (tertiary/aromatic N) is 1. The van der Waals surface area contributed by atoms with Crippen molar-refractivity contribution in [1.82, 2.24) is 0 Å². The molecule has 3 nitrogen and oxygen atoms in total. The van der Waals surface area contributed by atoms with Crippen molar-refractivity contribution in [2.45, 2.75) is 31.6 Å². The van der Waals surface area contributed by atoms with Crippen molar-refractivity contribution in [2.24, 2.45) is 0 Å². The third kappa shape index (κ3) is 2.60. The molecule has 0 heterocycles. The molecule has 0 saturated heterocycles. The lowest BCUT2D eigenvalue weighted by molar-refractivity contribution is -0.137. The molecule has 17 heavy (non-hydrogen) atoms. The van der Waals surface area contributed by atoms with Gasteiger partial charge in [0.25, 0.3) is 0 Å². The van der Waals surface area contributed by atoms with E-state index in [2.05, 4.69) is 23.1 Å². The molecule has 3 heteroatoms. The number of hydrogen-bond donors (Lipinski definition) is 1. The molecule has 2 rings (SSSR count). The van der Waals surface area contributed by atoms with Crippen molar-refractivity contribution in [2.75, 3.05) is 19.0 Å². The molecule has 1 aromatic carbocycles. The van der Waals surface area contributed by atoms with E-state index in [0.717, 1.165) is 19.3 Å². The highest BCUT2D eigenvalue weighted by molar-refractivity contribution is 5.68. The molecular weight excluding hydrogens is 214 g/mol. The Morgan fingerprint density at radius 1 is 1.47 bits per heavy atom. The van der Waals surface area contributed by atoms with Crippen LogP contribution in [0.3, 0.4) is 0 Å². The number of carboxylic acids is 1. The van der Waals surface area contributed by atoms with Gasteiger partial charge in [-0.2, -0.15) is 0 Å². The molecule has 0 aliphatic heterocycles. The Morgan fingerprint density at radius 2 is 2.24 bits per heavy atom. The topological polar surface area (TPSA) is 40.5 Å². The van der Waals surface area contributed by atoms with Crippen LogP contribution in [-0.4, -0.2) is 25.2 Å². The molecule has 1 aliphatic carbocycles. The van der Waals surface area contributed by atoms with E-state index in [1.54, 1.807) is 0 Å². The van der Waals surface area contributed by atoms with Gasteiger partial charge in [-0.25, -0.2) is 0 Å². The summed E-state index contributed by atoms with van der Waals surface area (Å²) in [5.74, 6) is -0.494. The van der Waals surface area contributed by atoms with Gasteiger partial charge in [-0.05, 0) is 48.4 Å². The maximum absolute atomic E-state index is 10.8. The normalized spacial score (nSPS) is 18.6. The summed E-state index contributed by atoms with van der Waals surface area (Å²) < 4.78 is 0. The first-order valence-corrected chi connectivity index (χ1v) is 6.10. The molecule has 1 N–H and O–H groups in total. The first-order chi connectivity index (χ1) is 8.08. The zero-order valence-electron chi connectivity index (χ0n) is 10.4. The smallest absolute Gasteiger partial charge is 0.303 e. The quantitative estimate of drug-likeness (QED) is 0.872. The highest BCUT2D eigenvalue weighted by Crippen LogP contribution is 2.35. The van der Waals surface area contributed by atoms with Gasteiger partial charge in [-0.1, -0.05) is 6.07 Å². The molecule has 0 aromatic heterocycles. The standard InChI is InChI=1S/C14H19NO2/c1-15(2)12-6-7-13-10(8-12)4-3-5-11(13)9-14(16)17/h6-8,11H,3-5,9H2,1-2H3,(H,16,17). The van der Waals surface area contributed by atoms with Gasteiger partial charge in [-0.15, -0.1) is 0 Å². The summed E-state index contributed by atoms with van der Waals surface area (Å²) in [7, 11) is 4.05. The fraction of sp³-hybridized carbons (Fsp3) is 0.500. The summed E-state index contributed by atoms with van der Waals surface area (Å²) in [6, 6.07) is 6.39. The molecular formula is C14H19NO2. The summed E-state index contributed by atoms with van der Waals surface area (Å²) in [5.41, 5.74) is 3.76. The van der Waals surface area contributed by atoms with Crippen LogP contribution in [-0.2, 0) is 11.2 Å². The molecule has 1 unspecified atom stereocenters. The number of fused-ring (bicyclic) bond motifs is 1. The number of rotatable bonds is 3. The second-order valence-electron chi connectivity index (χ2n) is 4.96. The number of aryl methyl sites for hydroxylation is 1. The van der Waals surface area contributed by atoms with Gasteiger partial charge in [0.15, 0.2) is 0 Å². The predicted octanol–water partition coefficient (Wildman–Crippen LogP) is 2.65. The van der Waals surface area contributed by atoms with Crippen molar-refractivity contribution in [3.63, 3.8) is 0 Å². The molecule has 0 amide bonds. The first kappa shape index (κ1) is 12.0. The summed E-state index contributed by atoms with van der Waals surface area (Å²) in [6.45, 7) is 0. The van der Waals surface area contributed by atoms with E-state index in [9.17, 15) is 4.79 Å². The fourth-order valence-corrected chi connectivity index (χ4v) is 2.60. The lowest BCUT2D eigenvalue weighted by Crippen LogP contribution is -2.15. The van der Waals surface area contributed by atoms with Crippen LogP contribution in [0.25, 0.3) is 0 Å². The third-order valence-electron chi connectivity index (χ3n) is 3.50. The van der Waals surface area contributed by atoms with Crippen LogP contribution >= 0.6 is 0 Å². The zero-order chi connectivity index (χ0) is 12.4. The monoisotopic (exact) mass is 233 g/mol. The van der Waals surface area contributed by atoms with Crippen molar-refractivity contribution >= 4 is 11.7 Å². The van der Waals surface area contributed by atoms with Gasteiger partial charge in [-0.3, -0.25) is 4.79 Å². The molecule has 0 radical (unpaired) electrons. The minimum Gasteiger partial charge on any atom is -0.481 e. The van der Waals surface area contributed by atoms with Crippen LogP contribution in [0, 0.1) is 0 Å². The molecule has 0 bridgehead atoms. The first-order valence-electron chi connectivity index (χ1n) is 6.10. The summed E-state index contributed by atoms with van der Waals surface area (Å²) in [4.78, 5) is 12.9. The van der Waals surface area contributed by atoms with E-state index in [1.807, 2.05) is 14.1 Å². The average Bonchev–Trinajstić information content (AvgIpc) is 2.28. The van der Waals surface area contributed by atoms with Crippen molar-refractivity contribution in [3.05, 3.63) is 29.3 Å². The Balaban J connectivity index is 2.30. The maximum atomic E-state index is 10.8. The van der Waals surface area contributed by atoms with Crippen LogP contribution in [0.4, 0.5) is 5.69 Å². The second kappa shape index (κ2) is 4.78. The summed E-state index contributed by atoms with van der Waals surface area (Å²) in [5, 5.41) is 8.93. The largest absolute Gasteiger partial charge is 0.481 e. The Bertz CT molecular complexity index is 426. The van der Waals surface area contributed by atoms with E-state index < -0.39 is 5.97 Å². The number of carbonyl (C=O) groups is 1. The van der Waals surface area contributed by atoms with Gasteiger partial charge in [0.1, 0.15) is 0 Å². The van der Waals surface area contributed by atoms with Gasteiger partial charge >= 0.3 is 5.97 Å². The van der Waals surface area contributed by atoms with E-state index in [0.29, 0.717) is 0 Å². The minimum atomic E-state index is -0.695. The van der Waals surface area contributed by atoms with Crippen LogP contribution in [0.2, 0.25) is 0 Å². The number of aliphatic carboxylic acids is 1. The number of benzene rings is 1. The molecule has 1 aliphatic rings. The van der Waals surface area contributed by atoms with Crippen molar-refractivity contribution in [3.8, 4) is 0 Å². The Hall–Kier alpha value is -1.51. The molecule has 0 fully saturated rings. The minimum absolute atomic E-state index is 0.201. The molecule has 1 atom stereocenters. The van der Waals surface area contributed by atoms with Crippen molar-refractivity contribution < 1.29 is 9.90 Å². The zero-order valence-corrected chi connectivity index (χ0v) is 10.4. The SMILES string of the molecule is CN(C)c1ccc2c(c1)CCCC2CC(=O)O. The van der Waals surface area contributed by atoms with E-state index in [4.69, 9.17) is 5.11 Å². The number of carboxylic acid groups (broad SMARTS) is 1. The summed E-state index contributed by atoms with van der Waals surface area (Å²) in [6.07, 6.45) is 3.43. The number of hydrogen-bond acceptors (Lipinski definition) is 2. The highest BCUT2D eigenvalue weighted by Gasteiger charge is 2.22.